The number of alkyl halides is 1. The van der Waals surface area contributed by atoms with Gasteiger partial charge in [0, 0.05) is 12.4 Å². The molecule has 0 saturated carbocycles. The van der Waals surface area contributed by atoms with Crippen LogP contribution in [0.3, 0.4) is 0 Å². The van der Waals surface area contributed by atoms with Gasteiger partial charge in [-0.3, -0.25) is 0 Å². The highest BCUT2D eigenvalue weighted by molar-refractivity contribution is 7.88. The summed E-state index contributed by atoms with van der Waals surface area (Å²) in [5, 5.41) is 0. The van der Waals surface area contributed by atoms with Crippen LogP contribution in [0, 0.1) is 0 Å². The standard InChI is InChI=1S/C11H16ClNO2S/c1-2-6-13-16(14,15)9-11-5-3-4-10(7-11)8-12/h3-5,7,13H,2,6,8-9H2,1H3. The normalized spacial score (nSPS) is 11.6. The van der Waals surface area contributed by atoms with Crippen LogP contribution in [0.15, 0.2) is 24.3 Å². The third-order valence-corrected chi connectivity index (χ3v) is 3.74. The van der Waals surface area contributed by atoms with Crippen molar-refractivity contribution in [3.05, 3.63) is 35.4 Å². The predicted molar refractivity (Wildman–Crippen MR) is 66.9 cm³/mol. The van der Waals surface area contributed by atoms with E-state index in [-0.39, 0.29) is 5.75 Å². The summed E-state index contributed by atoms with van der Waals surface area (Å²) in [6.45, 7) is 2.41. The minimum atomic E-state index is -3.21. The monoisotopic (exact) mass is 261 g/mol. The van der Waals surface area contributed by atoms with Gasteiger partial charge in [0.05, 0.1) is 5.75 Å². The molecule has 0 bridgehead atoms. The Hall–Kier alpha value is -0.580. The van der Waals surface area contributed by atoms with Crippen molar-refractivity contribution in [3.8, 4) is 0 Å². The highest BCUT2D eigenvalue weighted by Crippen LogP contribution is 2.10. The lowest BCUT2D eigenvalue weighted by Gasteiger charge is -2.06. The van der Waals surface area contributed by atoms with E-state index in [2.05, 4.69) is 4.72 Å². The molecule has 3 nitrogen and oxygen atoms in total. The molecule has 0 aliphatic carbocycles. The van der Waals surface area contributed by atoms with E-state index >= 15 is 0 Å². The fourth-order valence-corrected chi connectivity index (χ4v) is 2.73. The van der Waals surface area contributed by atoms with Gasteiger partial charge in [0.1, 0.15) is 0 Å². The van der Waals surface area contributed by atoms with Crippen LogP contribution in [0.5, 0.6) is 0 Å². The van der Waals surface area contributed by atoms with Crippen molar-refractivity contribution in [2.45, 2.75) is 25.0 Å². The lowest BCUT2D eigenvalue weighted by Crippen LogP contribution is -2.25. The van der Waals surface area contributed by atoms with Gasteiger partial charge in [-0.2, -0.15) is 0 Å². The Balaban J connectivity index is 2.72. The molecule has 0 unspecified atom stereocenters. The Morgan fingerprint density at radius 1 is 1.31 bits per heavy atom. The van der Waals surface area contributed by atoms with Crippen molar-refractivity contribution in [2.75, 3.05) is 6.54 Å². The SMILES string of the molecule is CCCNS(=O)(=O)Cc1cccc(CCl)c1. The molecule has 0 saturated heterocycles. The van der Waals surface area contributed by atoms with Crippen LogP contribution in [0.4, 0.5) is 0 Å². The quantitative estimate of drug-likeness (QED) is 0.799. The van der Waals surface area contributed by atoms with E-state index in [0.717, 1.165) is 17.5 Å². The molecule has 16 heavy (non-hydrogen) atoms. The molecule has 1 aromatic rings. The summed E-state index contributed by atoms with van der Waals surface area (Å²) in [5.41, 5.74) is 1.70. The van der Waals surface area contributed by atoms with Crippen molar-refractivity contribution in [3.63, 3.8) is 0 Å². The molecule has 1 rings (SSSR count). The maximum absolute atomic E-state index is 11.6. The molecule has 0 atom stereocenters. The van der Waals surface area contributed by atoms with Gasteiger partial charge >= 0.3 is 0 Å². The van der Waals surface area contributed by atoms with Crippen LogP contribution in [0.2, 0.25) is 0 Å². The molecule has 90 valence electrons. The topological polar surface area (TPSA) is 46.2 Å². The lowest BCUT2D eigenvalue weighted by molar-refractivity contribution is 0.580. The second-order valence-corrected chi connectivity index (χ2v) is 5.68. The minimum absolute atomic E-state index is 0.0116. The average Bonchev–Trinajstić information content (AvgIpc) is 2.26. The zero-order valence-electron chi connectivity index (χ0n) is 9.24. The average molecular weight is 262 g/mol. The molecule has 0 amide bonds. The molecule has 1 aromatic carbocycles. The van der Waals surface area contributed by atoms with Crippen molar-refractivity contribution < 1.29 is 8.42 Å². The van der Waals surface area contributed by atoms with Gasteiger partial charge < -0.3 is 0 Å². The van der Waals surface area contributed by atoms with Crippen molar-refractivity contribution in [1.29, 1.82) is 0 Å². The van der Waals surface area contributed by atoms with Gasteiger partial charge in [0.2, 0.25) is 10.0 Å². The molecule has 0 radical (unpaired) electrons. The fraction of sp³-hybridized carbons (Fsp3) is 0.455. The Bertz CT molecular complexity index is 431. The van der Waals surface area contributed by atoms with E-state index < -0.39 is 10.0 Å². The lowest BCUT2D eigenvalue weighted by atomic mass is 10.2. The number of rotatable bonds is 6. The third kappa shape index (κ3) is 4.51. The van der Waals surface area contributed by atoms with Crippen molar-refractivity contribution in [2.24, 2.45) is 0 Å². The summed E-state index contributed by atoms with van der Waals surface area (Å²) < 4.78 is 25.8. The Kier molecular flexibility index (Phi) is 5.25. The molecule has 0 aromatic heterocycles. The van der Waals surface area contributed by atoms with Gasteiger partial charge in [-0.25, -0.2) is 13.1 Å². The van der Waals surface area contributed by atoms with Crippen LogP contribution < -0.4 is 4.72 Å². The van der Waals surface area contributed by atoms with Crippen LogP contribution in [0.1, 0.15) is 24.5 Å². The molecule has 0 aliphatic rings. The zero-order chi connectivity index (χ0) is 12.0. The second kappa shape index (κ2) is 6.23. The minimum Gasteiger partial charge on any atom is -0.215 e. The first-order valence-corrected chi connectivity index (χ1v) is 7.37. The molecule has 0 aliphatic heterocycles. The number of benzene rings is 1. The molecule has 5 heteroatoms. The van der Waals surface area contributed by atoms with E-state index in [1.807, 2.05) is 25.1 Å². The fourth-order valence-electron chi connectivity index (χ4n) is 1.33. The van der Waals surface area contributed by atoms with Crippen LogP contribution in [0.25, 0.3) is 0 Å². The smallest absolute Gasteiger partial charge is 0.215 e. The van der Waals surface area contributed by atoms with E-state index in [9.17, 15) is 8.42 Å². The molecule has 0 fully saturated rings. The third-order valence-electron chi connectivity index (χ3n) is 2.07. The van der Waals surface area contributed by atoms with E-state index in [0.29, 0.717) is 12.4 Å². The highest BCUT2D eigenvalue weighted by atomic mass is 35.5. The van der Waals surface area contributed by atoms with Crippen LogP contribution in [-0.2, 0) is 21.7 Å². The summed E-state index contributed by atoms with van der Waals surface area (Å²) in [5.74, 6) is 0.411. The molecular formula is C11H16ClNO2S. The number of halogens is 1. The maximum Gasteiger partial charge on any atom is 0.215 e. The number of nitrogens with one attached hydrogen (secondary N) is 1. The van der Waals surface area contributed by atoms with Crippen molar-refractivity contribution in [1.82, 2.24) is 4.72 Å². The second-order valence-electron chi connectivity index (χ2n) is 3.61. The summed E-state index contributed by atoms with van der Waals surface area (Å²) in [7, 11) is -3.21. The molecule has 0 spiro atoms. The first-order chi connectivity index (χ1) is 7.57. The summed E-state index contributed by atoms with van der Waals surface area (Å²) in [4.78, 5) is 0. The van der Waals surface area contributed by atoms with Crippen LogP contribution in [-0.4, -0.2) is 15.0 Å². The highest BCUT2D eigenvalue weighted by Gasteiger charge is 2.10. The summed E-state index contributed by atoms with van der Waals surface area (Å²) >= 11 is 5.69. The molecular weight excluding hydrogens is 246 g/mol. The zero-order valence-corrected chi connectivity index (χ0v) is 10.8. The first kappa shape index (κ1) is 13.5. The number of hydrogen-bond acceptors (Lipinski definition) is 2. The van der Waals surface area contributed by atoms with E-state index in [4.69, 9.17) is 11.6 Å². The van der Waals surface area contributed by atoms with Gasteiger partial charge in [-0.15, -0.1) is 11.6 Å². The summed E-state index contributed by atoms with van der Waals surface area (Å²) in [6.07, 6.45) is 0.793. The Morgan fingerprint density at radius 3 is 2.62 bits per heavy atom. The van der Waals surface area contributed by atoms with Crippen molar-refractivity contribution >= 4 is 21.6 Å². The Morgan fingerprint density at radius 2 is 2.00 bits per heavy atom. The molecule has 1 N–H and O–H groups in total. The largest absolute Gasteiger partial charge is 0.215 e. The van der Waals surface area contributed by atoms with Gasteiger partial charge in [-0.05, 0) is 17.5 Å². The van der Waals surface area contributed by atoms with Crippen LogP contribution >= 0.6 is 11.6 Å². The first-order valence-electron chi connectivity index (χ1n) is 5.18. The Labute approximate surface area is 102 Å². The number of sulfonamides is 1. The predicted octanol–water partition coefficient (Wildman–Crippen LogP) is 2.25. The maximum atomic E-state index is 11.6. The number of hydrogen-bond donors (Lipinski definition) is 1. The van der Waals surface area contributed by atoms with E-state index in [1.165, 1.54) is 0 Å². The van der Waals surface area contributed by atoms with Gasteiger partial charge in [-0.1, -0.05) is 31.2 Å². The van der Waals surface area contributed by atoms with Gasteiger partial charge in [0.25, 0.3) is 0 Å². The molecule has 0 heterocycles. The van der Waals surface area contributed by atoms with E-state index in [1.54, 1.807) is 6.07 Å². The summed E-state index contributed by atoms with van der Waals surface area (Å²) in [6, 6.07) is 7.31. The van der Waals surface area contributed by atoms with Gasteiger partial charge in [0.15, 0.2) is 0 Å².